The van der Waals surface area contributed by atoms with Crippen molar-refractivity contribution < 1.29 is 0 Å². The van der Waals surface area contributed by atoms with Crippen molar-refractivity contribution in [1.82, 2.24) is 5.43 Å². The van der Waals surface area contributed by atoms with E-state index in [0.29, 0.717) is 20.1 Å². The van der Waals surface area contributed by atoms with E-state index in [1.54, 1.807) is 24.3 Å². The first-order chi connectivity index (χ1) is 9.02. The van der Waals surface area contributed by atoms with Gasteiger partial charge in [-0.2, -0.15) is 0 Å². The first kappa shape index (κ1) is 14.9. The summed E-state index contributed by atoms with van der Waals surface area (Å²) in [6.45, 7) is 0. The highest BCUT2D eigenvalue weighted by Crippen LogP contribution is 2.31. The fourth-order valence-corrected chi connectivity index (χ4v) is 2.38. The second kappa shape index (κ2) is 6.31. The van der Waals surface area contributed by atoms with Gasteiger partial charge in [0.1, 0.15) is 0 Å². The van der Waals surface area contributed by atoms with Crippen LogP contribution in [0.1, 0.15) is 17.2 Å². The zero-order valence-corrected chi connectivity index (χ0v) is 12.7. The Morgan fingerprint density at radius 1 is 0.737 bits per heavy atom. The Hall–Kier alpha value is -0.480. The summed E-state index contributed by atoms with van der Waals surface area (Å²) in [5.41, 5.74) is 4.49. The molecule has 19 heavy (non-hydrogen) atoms. The fourth-order valence-electron chi connectivity index (χ4n) is 1.77. The Morgan fingerprint density at radius 2 is 1.16 bits per heavy atom. The predicted molar refractivity (Wildman–Crippen MR) is 82.1 cm³/mol. The Kier molecular flexibility index (Phi) is 4.96. The Bertz CT molecular complexity index is 550. The average molecular weight is 336 g/mol. The van der Waals surface area contributed by atoms with E-state index >= 15 is 0 Å². The highest BCUT2D eigenvalue weighted by atomic mass is 35.5. The van der Waals surface area contributed by atoms with Crippen LogP contribution in [-0.2, 0) is 0 Å². The molecule has 0 aliphatic rings. The average Bonchev–Trinajstić information content (AvgIpc) is 2.39. The number of benzene rings is 2. The van der Waals surface area contributed by atoms with E-state index in [4.69, 9.17) is 52.2 Å². The molecule has 2 nitrogen and oxygen atoms in total. The molecule has 0 spiro atoms. The standard InChI is InChI=1S/C13H10Cl4N2/c14-9-3-1-7(5-11(9)16)13(19-18)8-2-4-10(15)12(17)6-8/h1-6,13,19H,18H2. The van der Waals surface area contributed by atoms with Crippen LogP contribution in [0.2, 0.25) is 20.1 Å². The SMILES string of the molecule is NNC(c1ccc(Cl)c(Cl)c1)c1ccc(Cl)c(Cl)c1. The molecule has 3 N–H and O–H groups in total. The van der Waals surface area contributed by atoms with E-state index in [-0.39, 0.29) is 6.04 Å². The monoisotopic (exact) mass is 334 g/mol. The number of nitrogens with one attached hydrogen (secondary N) is 1. The maximum atomic E-state index is 6.01. The third-order valence-corrected chi connectivity index (χ3v) is 4.20. The van der Waals surface area contributed by atoms with Crippen molar-refractivity contribution in [2.24, 2.45) is 5.84 Å². The number of hydrogen-bond donors (Lipinski definition) is 2. The van der Waals surface area contributed by atoms with E-state index < -0.39 is 0 Å². The van der Waals surface area contributed by atoms with Crippen LogP contribution in [0.5, 0.6) is 0 Å². The van der Waals surface area contributed by atoms with Gasteiger partial charge in [0.2, 0.25) is 0 Å². The first-order valence-corrected chi connectivity index (χ1v) is 6.90. The molecule has 0 fully saturated rings. The maximum absolute atomic E-state index is 6.01. The quantitative estimate of drug-likeness (QED) is 0.621. The highest BCUT2D eigenvalue weighted by Gasteiger charge is 2.14. The molecular formula is C13H10Cl4N2. The molecule has 100 valence electrons. The molecular weight excluding hydrogens is 326 g/mol. The van der Waals surface area contributed by atoms with Crippen molar-refractivity contribution in [3.8, 4) is 0 Å². The minimum Gasteiger partial charge on any atom is -0.271 e. The molecule has 0 atom stereocenters. The van der Waals surface area contributed by atoms with Gasteiger partial charge < -0.3 is 0 Å². The Labute approximate surface area is 131 Å². The van der Waals surface area contributed by atoms with Gasteiger partial charge in [-0.1, -0.05) is 58.5 Å². The molecule has 2 aromatic carbocycles. The smallest absolute Gasteiger partial charge is 0.0711 e. The van der Waals surface area contributed by atoms with Gasteiger partial charge in [-0.05, 0) is 35.4 Å². The van der Waals surface area contributed by atoms with E-state index in [1.165, 1.54) is 0 Å². The lowest BCUT2D eigenvalue weighted by Gasteiger charge is -2.18. The van der Waals surface area contributed by atoms with Crippen LogP contribution >= 0.6 is 46.4 Å². The predicted octanol–water partition coefficient (Wildman–Crippen LogP) is 4.85. The molecule has 0 amide bonds. The number of hydrogen-bond acceptors (Lipinski definition) is 2. The number of hydrazine groups is 1. The zero-order valence-electron chi connectivity index (χ0n) is 9.63. The summed E-state index contributed by atoms with van der Waals surface area (Å²) >= 11 is 23.8. The molecule has 0 aliphatic carbocycles. The molecule has 2 aromatic rings. The molecule has 0 heterocycles. The van der Waals surface area contributed by atoms with Crippen LogP contribution in [0.4, 0.5) is 0 Å². The summed E-state index contributed by atoms with van der Waals surface area (Å²) in [7, 11) is 0. The molecule has 0 unspecified atom stereocenters. The van der Waals surface area contributed by atoms with Crippen molar-refractivity contribution in [2.45, 2.75) is 6.04 Å². The number of rotatable bonds is 3. The van der Waals surface area contributed by atoms with Gasteiger partial charge in [-0.15, -0.1) is 0 Å². The first-order valence-electron chi connectivity index (χ1n) is 5.39. The van der Waals surface area contributed by atoms with Gasteiger partial charge in [0.25, 0.3) is 0 Å². The minimum atomic E-state index is -0.246. The van der Waals surface area contributed by atoms with Crippen LogP contribution < -0.4 is 11.3 Å². The van der Waals surface area contributed by atoms with Gasteiger partial charge in [-0.25, -0.2) is 5.43 Å². The summed E-state index contributed by atoms with van der Waals surface area (Å²) in [6, 6.07) is 10.4. The fraction of sp³-hybridized carbons (Fsp3) is 0.0769. The van der Waals surface area contributed by atoms with E-state index in [9.17, 15) is 0 Å². The summed E-state index contributed by atoms with van der Waals surface area (Å²) in [6.07, 6.45) is 0. The summed E-state index contributed by atoms with van der Waals surface area (Å²) in [4.78, 5) is 0. The summed E-state index contributed by atoms with van der Waals surface area (Å²) in [5.74, 6) is 5.61. The molecule has 0 radical (unpaired) electrons. The van der Waals surface area contributed by atoms with Crippen molar-refractivity contribution >= 4 is 46.4 Å². The number of halogens is 4. The van der Waals surface area contributed by atoms with Gasteiger partial charge in [0.15, 0.2) is 0 Å². The van der Waals surface area contributed by atoms with Crippen LogP contribution in [-0.4, -0.2) is 0 Å². The largest absolute Gasteiger partial charge is 0.271 e. The Morgan fingerprint density at radius 3 is 1.47 bits per heavy atom. The molecule has 6 heteroatoms. The van der Waals surface area contributed by atoms with E-state index in [1.807, 2.05) is 12.1 Å². The summed E-state index contributed by atoms with van der Waals surface area (Å²) < 4.78 is 0. The number of nitrogens with two attached hydrogens (primary N) is 1. The van der Waals surface area contributed by atoms with Gasteiger partial charge >= 0.3 is 0 Å². The van der Waals surface area contributed by atoms with Gasteiger partial charge in [0, 0.05) is 0 Å². The van der Waals surface area contributed by atoms with Crippen molar-refractivity contribution in [1.29, 1.82) is 0 Å². The third kappa shape index (κ3) is 3.34. The van der Waals surface area contributed by atoms with Crippen LogP contribution in [0.3, 0.4) is 0 Å². The van der Waals surface area contributed by atoms with E-state index in [2.05, 4.69) is 5.43 Å². The van der Waals surface area contributed by atoms with E-state index in [0.717, 1.165) is 11.1 Å². The lowest BCUT2D eigenvalue weighted by Crippen LogP contribution is -2.28. The summed E-state index contributed by atoms with van der Waals surface area (Å²) in [5, 5.41) is 1.93. The maximum Gasteiger partial charge on any atom is 0.0711 e. The molecule has 0 bridgehead atoms. The topological polar surface area (TPSA) is 38.0 Å². The Balaban J connectivity index is 2.43. The van der Waals surface area contributed by atoms with Crippen LogP contribution in [0.25, 0.3) is 0 Å². The normalized spacial score (nSPS) is 11.1. The molecule has 0 saturated heterocycles. The van der Waals surface area contributed by atoms with Crippen molar-refractivity contribution in [3.63, 3.8) is 0 Å². The lowest BCUT2D eigenvalue weighted by atomic mass is 9.99. The van der Waals surface area contributed by atoms with Crippen LogP contribution in [0.15, 0.2) is 36.4 Å². The molecule has 0 saturated carbocycles. The second-order valence-electron chi connectivity index (χ2n) is 3.95. The van der Waals surface area contributed by atoms with Gasteiger partial charge in [-0.3, -0.25) is 5.84 Å². The highest BCUT2D eigenvalue weighted by molar-refractivity contribution is 6.42. The van der Waals surface area contributed by atoms with Gasteiger partial charge in [0.05, 0.1) is 26.1 Å². The second-order valence-corrected chi connectivity index (χ2v) is 5.58. The van der Waals surface area contributed by atoms with Crippen molar-refractivity contribution in [2.75, 3.05) is 0 Å². The molecule has 2 rings (SSSR count). The van der Waals surface area contributed by atoms with Crippen LogP contribution in [0, 0.1) is 0 Å². The minimum absolute atomic E-state index is 0.246. The molecule has 0 aromatic heterocycles. The molecule has 0 aliphatic heterocycles. The van der Waals surface area contributed by atoms with Crippen molar-refractivity contribution in [3.05, 3.63) is 67.6 Å². The third-order valence-electron chi connectivity index (χ3n) is 2.72. The lowest BCUT2D eigenvalue weighted by molar-refractivity contribution is 0.637. The zero-order chi connectivity index (χ0) is 14.0.